The van der Waals surface area contributed by atoms with E-state index in [9.17, 15) is 4.39 Å². The minimum Gasteiger partial charge on any atom is -0.494 e. The average molecular weight is 327 g/mol. The fraction of sp³-hybridized carbons (Fsp3) is 0.421. The normalized spacial score (nSPS) is 23.8. The molecule has 5 heteroatoms. The Bertz CT molecular complexity index is 709. The van der Waals surface area contributed by atoms with Crippen molar-refractivity contribution in [3.8, 4) is 5.75 Å². The van der Waals surface area contributed by atoms with Gasteiger partial charge in [0.2, 0.25) is 0 Å². The van der Waals surface area contributed by atoms with Crippen molar-refractivity contribution in [3.63, 3.8) is 0 Å². The third kappa shape index (κ3) is 3.01. The number of fused-ring (bicyclic) bond motifs is 2. The number of pyridine rings is 1. The maximum atomic E-state index is 13.9. The summed E-state index contributed by atoms with van der Waals surface area (Å²) in [6, 6.07) is 12.5. The molecule has 1 aromatic heterocycles. The number of likely N-dealkylation sites (tertiary alicyclic amines) is 2. The van der Waals surface area contributed by atoms with Crippen molar-refractivity contribution in [2.24, 2.45) is 0 Å². The molecule has 2 saturated heterocycles. The van der Waals surface area contributed by atoms with Gasteiger partial charge >= 0.3 is 0 Å². The number of hydrogen-bond donors (Lipinski definition) is 0. The van der Waals surface area contributed by atoms with Gasteiger partial charge in [0, 0.05) is 44.5 Å². The van der Waals surface area contributed by atoms with Crippen LogP contribution < -0.4 is 4.74 Å². The molecule has 4 rings (SSSR count). The summed E-state index contributed by atoms with van der Waals surface area (Å²) in [5, 5.41) is 0. The Labute approximate surface area is 141 Å². The molecule has 126 valence electrons. The Morgan fingerprint density at radius 1 is 1.12 bits per heavy atom. The van der Waals surface area contributed by atoms with Crippen LogP contribution in [0.25, 0.3) is 0 Å². The Hall–Kier alpha value is -1.98. The topological polar surface area (TPSA) is 28.6 Å². The first-order valence-electron chi connectivity index (χ1n) is 8.43. The first-order chi connectivity index (χ1) is 11.7. The number of hydrogen-bond acceptors (Lipinski definition) is 4. The molecule has 2 aromatic rings. The van der Waals surface area contributed by atoms with E-state index in [1.807, 2.05) is 24.4 Å². The van der Waals surface area contributed by atoms with E-state index in [0.29, 0.717) is 17.8 Å². The van der Waals surface area contributed by atoms with Crippen LogP contribution in [0.3, 0.4) is 0 Å². The minimum absolute atomic E-state index is 0.281. The van der Waals surface area contributed by atoms with Crippen molar-refractivity contribution in [2.75, 3.05) is 20.2 Å². The van der Waals surface area contributed by atoms with Crippen LogP contribution in [0.5, 0.6) is 5.75 Å². The molecule has 2 aliphatic rings. The molecular weight excluding hydrogens is 305 g/mol. The zero-order valence-corrected chi connectivity index (χ0v) is 13.9. The van der Waals surface area contributed by atoms with Crippen molar-refractivity contribution in [3.05, 3.63) is 59.7 Å². The predicted molar refractivity (Wildman–Crippen MR) is 90.2 cm³/mol. The lowest BCUT2D eigenvalue weighted by atomic mass is 10.1. The molecular formula is C19H22FN3O. The fourth-order valence-corrected chi connectivity index (χ4v) is 3.96. The molecule has 0 amide bonds. The van der Waals surface area contributed by atoms with Gasteiger partial charge in [0.15, 0.2) is 11.6 Å². The summed E-state index contributed by atoms with van der Waals surface area (Å²) in [4.78, 5) is 9.43. The van der Waals surface area contributed by atoms with Gasteiger partial charge in [0.1, 0.15) is 0 Å². The molecule has 24 heavy (non-hydrogen) atoms. The zero-order chi connectivity index (χ0) is 16.5. The molecule has 2 unspecified atom stereocenters. The van der Waals surface area contributed by atoms with Gasteiger partial charge in [-0.3, -0.25) is 14.8 Å². The standard InChI is InChI=1S/C19H22FN3O/c1-24-19-6-5-14(8-18(19)20)10-22-12-17-9-16(22)13-23(17)11-15-4-2-3-7-21-15/h2-8,16-17H,9-13H2,1H3. The van der Waals surface area contributed by atoms with Crippen LogP contribution in [0.15, 0.2) is 42.6 Å². The number of rotatable bonds is 5. The second-order valence-electron chi connectivity index (χ2n) is 6.69. The summed E-state index contributed by atoms with van der Waals surface area (Å²) in [7, 11) is 1.49. The average Bonchev–Trinajstić information content (AvgIpc) is 3.16. The highest BCUT2D eigenvalue weighted by Crippen LogP contribution is 2.33. The van der Waals surface area contributed by atoms with Crippen LogP contribution in [-0.4, -0.2) is 47.1 Å². The van der Waals surface area contributed by atoms with Crippen LogP contribution in [0.2, 0.25) is 0 Å². The summed E-state index contributed by atoms with van der Waals surface area (Å²) in [6.07, 6.45) is 3.06. The lowest BCUT2D eigenvalue weighted by Crippen LogP contribution is -2.45. The van der Waals surface area contributed by atoms with Crippen LogP contribution in [-0.2, 0) is 13.1 Å². The maximum Gasteiger partial charge on any atom is 0.165 e. The number of piperazine rings is 1. The van der Waals surface area contributed by atoms with Crippen LogP contribution in [0, 0.1) is 5.82 Å². The van der Waals surface area contributed by atoms with Gasteiger partial charge in [-0.25, -0.2) is 4.39 Å². The predicted octanol–water partition coefficient (Wildman–Crippen LogP) is 2.69. The summed E-state index contributed by atoms with van der Waals surface area (Å²) in [5.41, 5.74) is 2.14. The number of ether oxygens (including phenoxy) is 1. The molecule has 2 atom stereocenters. The van der Waals surface area contributed by atoms with Crippen molar-refractivity contribution < 1.29 is 9.13 Å². The number of halogens is 1. The largest absolute Gasteiger partial charge is 0.494 e. The maximum absolute atomic E-state index is 13.9. The Kier molecular flexibility index (Phi) is 4.21. The molecule has 3 heterocycles. The molecule has 2 aliphatic heterocycles. The molecule has 0 radical (unpaired) electrons. The third-order valence-electron chi connectivity index (χ3n) is 5.16. The molecule has 4 nitrogen and oxygen atoms in total. The Morgan fingerprint density at radius 2 is 1.92 bits per heavy atom. The van der Waals surface area contributed by atoms with E-state index in [1.165, 1.54) is 13.5 Å². The van der Waals surface area contributed by atoms with Gasteiger partial charge in [-0.15, -0.1) is 0 Å². The quantitative estimate of drug-likeness (QED) is 0.844. The number of benzene rings is 1. The van der Waals surface area contributed by atoms with Crippen LogP contribution in [0.4, 0.5) is 4.39 Å². The van der Waals surface area contributed by atoms with Crippen LogP contribution in [0.1, 0.15) is 17.7 Å². The SMILES string of the molecule is COc1ccc(CN2CC3CC2CN3Cc2ccccn2)cc1F. The van der Waals surface area contributed by atoms with E-state index in [0.717, 1.165) is 37.4 Å². The van der Waals surface area contributed by atoms with Gasteiger partial charge in [-0.1, -0.05) is 12.1 Å². The van der Waals surface area contributed by atoms with Crippen LogP contribution >= 0.6 is 0 Å². The number of nitrogens with zero attached hydrogens (tertiary/aromatic N) is 3. The number of aromatic nitrogens is 1. The van der Waals surface area contributed by atoms with E-state index in [2.05, 4.69) is 20.9 Å². The van der Waals surface area contributed by atoms with Gasteiger partial charge in [0.25, 0.3) is 0 Å². The molecule has 0 saturated carbocycles. The number of methoxy groups -OCH3 is 1. The van der Waals surface area contributed by atoms with Gasteiger partial charge in [-0.05, 0) is 36.2 Å². The minimum atomic E-state index is -0.281. The molecule has 2 bridgehead atoms. The van der Waals surface area contributed by atoms with Gasteiger partial charge in [-0.2, -0.15) is 0 Å². The lowest BCUT2D eigenvalue weighted by molar-refractivity contribution is 0.117. The summed E-state index contributed by atoms with van der Waals surface area (Å²) >= 11 is 0. The van der Waals surface area contributed by atoms with E-state index in [1.54, 1.807) is 12.1 Å². The fourth-order valence-electron chi connectivity index (χ4n) is 3.96. The summed E-state index contributed by atoms with van der Waals surface area (Å²) < 4.78 is 18.8. The second kappa shape index (κ2) is 6.49. The Morgan fingerprint density at radius 3 is 2.54 bits per heavy atom. The van der Waals surface area contributed by atoms with Gasteiger partial charge in [0.05, 0.1) is 12.8 Å². The smallest absolute Gasteiger partial charge is 0.165 e. The van der Waals surface area contributed by atoms with Crippen molar-refractivity contribution in [2.45, 2.75) is 31.6 Å². The van der Waals surface area contributed by atoms with Crippen molar-refractivity contribution in [1.29, 1.82) is 0 Å². The van der Waals surface area contributed by atoms with Crippen molar-refractivity contribution >= 4 is 0 Å². The third-order valence-corrected chi connectivity index (χ3v) is 5.16. The molecule has 0 spiro atoms. The molecule has 0 aliphatic carbocycles. The highest BCUT2D eigenvalue weighted by molar-refractivity contribution is 5.29. The first-order valence-corrected chi connectivity index (χ1v) is 8.43. The van der Waals surface area contributed by atoms with Crippen molar-refractivity contribution in [1.82, 2.24) is 14.8 Å². The van der Waals surface area contributed by atoms with Gasteiger partial charge < -0.3 is 4.74 Å². The monoisotopic (exact) mass is 327 g/mol. The molecule has 2 fully saturated rings. The first kappa shape index (κ1) is 15.5. The summed E-state index contributed by atoms with van der Waals surface area (Å²) in [6.45, 7) is 3.84. The lowest BCUT2D eigenvalue weighted by Gasteiger charge is -2.34. The molecule has 1 aromatic carbocycles. The molecule has 0 N–H and O–H groups in total. The zero-order valence-electron chi connectivity index (χ0n) is 13.9. The highest BCUT2D eigenvalue weighted by Gasteiger charge is 2.42. The second-order valence-corrected chi connectivity index (χ2v) is 6.69. The van der Waals surface area contributed by atoms with E-state index in [-0.39, 0.29) is 5.82 Å². The van der Waals surface area contributed by atoms with E-state index >= 15 is 0 Å². The van der Waals surface area contributed by atoms with E-state index in [4.69, 9.17) is 4.74 Å². The summed E-state index contributed by atoms with van der Waals surface area (Å²) in [5.74, 6) is 0.0272. The Balaban J connectivity index is 1.37. The van der Waals surface area contributed by atoms with E-state index < -0.39 is 0 Å². The highest BCUT2D eigenvalue weighted by atomic mass is 19.1.